The minimum Gasteiger partial charge on any atom is -0.480 e. The second kappa shape index (κ2) is 6.45. The molecule has 19 heavy (non-hydrogen) atoms. The first kappa shape index (κ1) is 13.7. The van der Waals surface area contributed by atoms with Crippen LogP contribution in [0, 0.1) is 0 Å². The summed E-state index contributed by atoms with van der Waals surface area (Å²) in [5.41, 5.74) is 0. The lowest BCUT2D eigenvalue weighted by Gasteiger charge is -2.07. The van der Waals surface area contributed by atoms with Crippen LogP contribution in [0.2, 0.25) is 10.0 Å². The molecule has 0 atom stereocenters. The van der Waals surface area contributed by atoms with Gasteiger partial charge in [-0.05, 0) is 36.4 Å². The monoisotopic (exact) mass is 296 g/mol. The number of carbonyl (C=O) groups is 1. The Labute approximate surface area is 120 Å². The fraction of sp³-hybridized carbons (Fsp3) is 0.0714. The fourth-order valence-electron chi connectivity index (χ4n) is 1.36. The Balaban J connectivity index is 1.88. The van der Waals surface area contributed by atoms with E-state index in [1.165, 1.54) is 0 Å². The van der Waals surface area contributed by atoms with Gasteiger partial charge in [0.2, 0.25) is 0 Å². The van der Waals surface area contributed by atoms with E-state index in [1.54, 1.807) is 48.5 Å². The third-order valence-corrected chi connectivity index (χ3v) is 2.79. The van der Waals surface area contributed by atoms with E-state index in [2.05, 4.69) is 0 Å². The summed E-state index contributed by atoms with van der Waals surface area (Å²) in [7, 11) is 0. The molecule has 0 fully saturated rings. The van der Waals surface area contributed by atoms with E-state index in [4.69, 9.17) is 32.7 Å². The summed E-state index contributed by atoms with van der Waals surface area (Å²) in [6, 6.07) is 13.4. The topological polar surface area (TPSA) is 35.5 Å². The fourth-order valence-corrected chi connectivity index (χ4v) is 1.68. The van der Waals surface area contributed by atoms with Crippen molar-refractivity contribution in [2.45, 2.75) is 0 Å². The summed E-state index contributed by atoms with van der Waals surface area (Å²) in [5.74, 6) is 0.344. The molecule has 2 rings (SSSR count). The van der Waals surface area contributed by atoms with E-state index >= 15 is 0 Å². The molecule has 0 unspecified atom stereocenters. The lowest BCUT2D eigenvalue weighted by molar-refractivity contribution is -0.136. The predicted molar refractivity (Wildman–Crippen MR) is 74.0 cm³/mol. The highest BCUT2D eigenvalue weighted by Crippen LogP contribution is 2.23. The summed E-state index contributed by atoms with van der Waals surface area (Å²) in [5, 5.41) is 1.02. The van der Waals surface area contributed by atoms with Crippen LogP contribution < -0.4 is 9.47 Å². The van der Waals surface area contributed by atoms with Crippen LogP contribution in [-0.4, -0.2) is 12.6 Å². The molecule has 0 heterocycles. The van der Waals surface area contributed by atoms with Crippen LogP contribution in [0.25, 0.3) is 0 Å². The van der Waals surface area contributed by atoms with Crippen molar-refractivity contribution >= 4 is 29.2 Å². The lowest BCUT2D eigenvalue weighted by Crippen LogP contribution is -2.17. The third kappa shape index (κ3) is 4.16. The number of halogens is 2. The van der Waals surface area contributed by atoms with Crippen molar-refractivity contribution < 1.29 is 14.3 Å². The Morgan fingerprint density at radius 3 is 2.37 bits per heavy atom. The molecule has 0 aliphatic heterocycles. The first-order valence-electron chi connectivity index (χ1n) is 5.49. The molecule has 0 aliphatic carbocycles. The smallest absolute Gasteiger partial charge is 0.349 e. The van der Waals surface area contributed by atoms with Crippen molar-refractivity contribution in [3.8, 4) is 11.5 Å². The lowest BCUT2D eigenvalue weighted by atomic mass is 10.3. The highest BCUT2D eigenvalue weighted by atomic mass is 35.5. The van der Waals surface area contributed by atoms with Crippen LogP contribution in [0.3, 0.4) is 0 Å². The van der Waals surface area contributed by atoms with Crippen molar-refractivity contribution in [2.24, 2.45) is 0 Å². The Morgan fingerprint density at radius 1 is 1.00 bits per heavy atom. The molecule has 2 aromatic carbocycles. The van der Waals surface area contributed by atoms with Crippen LogP contribution >= 0.6 is 23.2 Å². The summed E-state index contributed by atoms with van der Waals surface area (Å²) >= 11 is 11.6. The summed E-state index contributed by atoms with van der Waals surface area (Å²) in [6.07, 6.45) is 0. The number of benzene rings is 2. The van der Waals surface area contributed by atoms with Gasteiger partial charge < -0.3 is 9.47 Å². The second-order valence-electron chi connectivity index (χ2n) is 3.65. The summed E-state index contributed by atoms with van der Waals surface area (Å²) < 4.78 is 10.3. The highest BCUT2D eigenvalue weighted by molar-refractivity contribution is 6.32. The zero-order chi connectivity index (χ0) is 13.7. The number of esters is 1. The molecular formula is C14H10Cl2O3. The number of carbonyl (C=O) groups excluding carboxylic acids is 1. The predicted octanol–water partition coefficient (Wildman–Crippen LogP) is 3.98. The zero-order valence-corrected chi connectivity index (χ0v) is 11.3. The normalized spacial score (nSPS) is 10.0. The first-order chi connectivity index (χ1) is 9.15. The first-order valence-corrected chi connectivity index (χ1v) is 6.24. The molecule has 0 amide bonds. The van der Waals surface area contributed by atoms with Crippen molar-refractivity contribution in [3.63, 3.8) is 0 Å². The molecule has 98 valence electrons. The molecule has 0 saturated heterocycles. The van der Waals surface area contributed by atoms with Gasteiger partial charge in [0.25, 0.3) is 0 Å². The van der Waals surface area contributed by atoms with E-state index in [9.17, 15) is 4.79 Å². The van der Waals surface area contributed by atoms with Gasteiger partial charge in [-0.3, -0.25) is 0 Å². The highest BCUT2D eigenvalue weighted by Gasteiger charge is 2.07. The quantitative estimate of drug-likeness (QED) is 0.632. The standard InChI is InChI=1S/C14H10Cl2O3/c15-10-5-7-11(8-6-10)19-14(17)9-18-13-4-2-1-3-12(13)16/h1-8H,9H2. The van der Waals surface area contributed by atoms with E-state index in [-0.39, 0.29) is 6.61 Å². The Bertz CT molecular complexity index is 567. The van der Waals surface area contributed by atoms with E-state index in [0.717, 1.165) is 0 Å². The zero-order valence-electron chi connectivity index (χ0n) is 9.81. The molecule has 2 aromatic rings. The van der Waals surface area contributed by atoms with Crippen LogP contribution in [0.1, 0.15) is 0 Å². The van der Waals surface area contributed by atoms with Gasteiger partial charge >= 0.3 is 5.97 Å². The average Bonchev–Trinajstić information content (AvgIpc) is 2.40. The van der Waals surface area contributed by atoms with E-state index < -0.39 is 5.97 Å². The number of rotatable bonds is 4. The van der Waals surface area contributed by atoms with Gasteiger partial charge in [0, 0.05) is 5.02 Å². The van der Waals surface area contributed by atoms with Crippen LogP contribution in [-0.2, 0) is 4.79 Å². The SMILES string of the molecule is O=C(COc1ccccc1Cl)Oc1ccc(Cl)cc1. The van der Waals surface area contributed by atoms with Crippen LogP contribution in [0.5, 0.6) is 11.5 Å². The molecule has 5 heteroatoms. The maximum Gasteiger partial charge on any atom is 0.349 e. The number of hydrogen-bond donors (Lipinski definition) is 0. The van der Waals surface area contributed by atoms with Crippen LogP contribution in [0.15, 0.2) is 48.5 Å². The number of para-hydroxylation sites is 1. The molecule has 0 radical (unpaired) electrons. The Hall–Kier alpha value is -1.71. The molecular weight excluding hydrogens is 287 g/mol. The summed E-state index contributed by atoms with van der Waals surface area (Å²) in [4.78, 5) is 11.6. The van der Waals surface area contributed by atoms with Gasteiger partial charge in [0.05, 0.1) is 5.02 Å². The molecule has 0 N–H and O–H groups in total. The molecule has 0 aliphatic rings. The van der Waals surface area contributed by atoms with E-state index in [0.29, 0.717) is 21.5 Å². The minimum atomic E-state index is -0.512. The molecule has 0 spiro atoms. The van der Waals surface area contributed by atoms with Crippen molar-refractivity contribution in [1.29, 1.82) is 0 Å². The largest absolute Gasteiger partial charge is 0.480 e. The molecule has 0 saturated carbocycles. The van der Waals surface area contributed by atoms with Gasteiger partial charge in [-0.25, -0.2) is 4.79 Å². The second-order valence-corrected chi connectivity index (χ2v) is 4.49. The average molecular weight is 297 g/mol. The van der Waals surface area contributed by atoms with Crippen molar-refractivity contribution in [1.82, 2.24) is 0 Å². The van der Waals surface area contributed by atoms with Gasteiger partial charge in [0.1, 0.15) is 11.5 Å². The minimum absolute atomic E-state index is 0.216. The van der Waals surface area contributed by atoms with Crippen LogP contribution in [0.4, 0.5) is 0 Å². The molecule has 3 nitrogen and oxygen atoms in total. The summed E-state index contributed by atoms with van der Waals surface area (Å²) in [6.45, 7) is -0.216. The van der Waals surface area contributed by atoms with Gasteiger partial charge in [0.15, 0.2) is 6.61 Å². The maximum atomic E-state index is 11.6. The van der Waals surface area contributed by atoms with Gasteiger partial charge in [-0.1, -0.05) is 35.3 Å². The third-order valence-electron chi connectivity index (χ3n) is 2.23. The Kier molecular flexibility index (Phi) is 4.66. The number of hydrogen-bond acceptors (Lipinski definition) is 3. The Morgan fingerprint density at radius 2 is 1.68 bits per heavy atom. The number of ether oxygens (including phenoxy) is 2. The van der Waals surface area contributed by atoms with Crippen molar-refractivity contribution in [3.05, 3.63) is 58.6 Å². The maximum absolute atomic E-state index is 11.6. The van der Waals surface area contributed by atoms with Gasteiger partial charge in [-0.2, -0.15) is 0 Å². The van der Waals surface area contributed by atoms with Gasteiger partial charge in [-0.15, -0.1) is 0 Å². The molecule has 0 aromatic heterocycles. The van der Waals surface area contributed by atoms with Crippen molar-refractivity contribution in [2.75, 3.05) is 6.61 Å². The van der Waals surface area contributed by atoms with E-state index in [1.807, 2.05) is 0 Å². The molecule has 0 bridgehead atoms.